The minimum Gasteiger partial charge on any atom is -0.376 e. The normalized spacial score (nSPS) is 16.1. The van der Waals surface area contributed by atoms with Gasteiger partial charge < -0.3 is 19.9 Å². The molecule has 0 aliphatic carbocycles. The van der Waals surface area contributed by atoms with Crippen molar-refractivity contribution in [3.8, 4) is 5.69 Å². The Hall–Kier alpha value is -2.84. The van der Waals surface area contributed by atoms with E-state index in [4.69, 9.17) is 4.74 Å². The summed E-state index contributed by atoms with van der Waals surface area (Å²) in [5, 5.41) is 5.01. The fraction of sp³-hybridized carbons (Fsp3) is 0.333. The van der Waals surface area contributed by atoms with E-state index in [-0.39, 0.29) is 17.8 Å². The van der Waals surface area contributed by atoms with E-state index in [1.807, 2.05) is 48.7 Å². The first kappa shape index (κ1) is 19.5. The molecule has 1 unspecified atom stereocenters. The molecule has 1 atom stereocenters. The summed E-state index contributed by atoms with van der Waals surface area (Å²) >= 11 is 1.63. The highest BCUT2D eigenvalue weighted by molar-refractivity contribution is 7.09. The van der Waals surface area contributed by atoms with E-state index in [2.05, 4.69) is 10.3 Å². The van der Waals surface area contributed by atoms with Crippen LogP contribution in [0.5, 0.6) is 0 Å². The van der Waals surface area contributed by atoms with Crippen molar-refractivity contribution in [1.82, 2.24) is 14.5 Å². The maximum Gasteiger partial charge on any atom is 0.330 e. The number of hydrogen-bond acceptors (Lipinski definition) is 4. The van der Waals surface area contributed by atoms with Crippen molar-refractivity contribution in [2.24, 2.45) is 0 Å². The van der Waals surface area contributed by atoms with E-state index in [1.54, 1.807) is 27.0 Å². The van der Waals surface area contributed by atoms with Gasteiger partial charge in [0.05, 0.1) is 24.0 Å². The molecule has 2 aromatic heterocycles. The van der Waals surface area contributed by atoms with Gasteiger partial charge in [0.25, 0.3) is 0 Å². The molecule has 2 amide bonds. The number of aromatic amines is 1. The molecule has 1 aliphatic rings. The van der Waals surface area contributed by atoms with Crippen molar-refractivity contribution in [3.05, 3.63) is 69.0 Å². The summed E-state index contributed by atoms with van der Waals surface area (Å²) in [6.45, 7) is 3.65. The summed E-state index contributed by atoms with van der Waals surface area (Å²) in [5.74, 6) is 0. The number of imidazole rings is 1. The van der Waals surface area contributed by atoms with Crippen molar-refractivity contribution in [2.45, 2.75) is 32.4 Å². The lowest BCUT2D eigenvalue weighted by atomic mass is 10.2. The van der Waals surface area contributed by atoms with Crippen LogP contribution >= 0.6 is 11.3 Å². The van der Waals surface area contributed by atoms with Gasteiger partial charge >= 0.3 is 11.7 Å². The van der Waals surface area contributed by atoms with Crippen LogP contribution in [0.25, 0.3) is 5.69 Å². The topological polar surface area (TPSA) is 79.4 Å². The number of thiophene rings is 1. The number of H-pyrrole nitrogens is 1. The first-order valence-corrected chi connectivity index (χ1v) is 10.6. The van der Waals surface area contributed by atoms with Crippen LogP contribution in [-0.4, -0.2) is 39.7 Å². The number of aromatic nitrogens is 2. The highest BCUT2D eigenvalue weighted by atomic mass is 32.1. The van der Waals surface area contributed by atoms with Gasteiger partial charge in [0.2, 0.25) is 0 Å². The number of rotatable bonds is 6. The summed E-state index contributed by atoms with van der Waals surface area (Å²) in [7, 11) is 0. The average molecular weight is 413 g/mol. The predicted octanol–water partition coefficient (Wildman–Crippen LogP) is 3.75. The van der Waals surface area contributed by atoms with Crippen molar-refractivity contribution < 1.29 is 9.53 Å². The average Bonchev–Trinajstić information content (AvgIpc) is 3.46. The van der Waals surface area contributed by atoms with Crippen molar-refractivity contribution in [3.63, 3.8) is 0 Å². The third-order valence-corrected chi connectivity index (χ3v) is 5.87. The van der Waals surface area contributed by atoms with E-state index in [0.29, 0.717) is 24.5 Å². The SMILES string of the molecule is Cc1c[nH]c(=O)n1-c1ccccc1NC(=O)N(Cc1cccs1)CC1CCCO1. The van der Waals surface area contributed by atoms with Gasteiger partial charge in [-0.2, -0.15) is 0 Å². The van der Waals surface area contributed by atoms with E-state index < -0.39 is 0 Å². The second-order valence-electron chi connectivity index (χ2n) is 7.11. The summed E-state index contributed by atoms with van der Waals surface area (Å²) < 4.78 is 7.30. The number of urea groups is 1. The molecule has 1 aromatic carbocycles. The zero-order valence-corrected chi connectivity index (χ0v) is 17.1. The third kappa shape index (κ3) is 4.44. The van der Waals surface area contributed by atoms with Gasteiger partial charge in [-0.3, -0.25) is 4.57 Å². The second kappa shape index (κ2) is 8.67. The van der Waals surface area contributed by atoms with Gasteiger partial charge in [-0.25, -0.2) is 9.59 Å². The van der Waals surface area contributed by atoms with E-state index in [0.717, 1.165) is 30.0 Å². The van der Waals surface area contributed by atoms with Crippen LogP contribution in [0.15, 0.2) is 52.8 Å². The number of amides is 2. The van der Waals surface area contributed by atoms with Crippen molar-refractivity contribution in [2.75, 3.05) is 18.5 Å². The molecule has 0 bridgehead atoms. The Kier molecular flexibility index (Phi) is 5.82. The van der Waals surface area contributed by atoms with Gasteiger partial charge in [0.1, 0.15) is 0 Å². The smallest absolute Gasteiger partial charge is 0.330 e. The number of benzene rings is 1. The number of aryl methyl sites for hydroxylation is 1. The van der Waals surface area contributed by atoms with Crippen LogP contribution in [-0.2, 0) is 11.3 Å². The highest BCUT2D eigenvalue weighted by Gasteiger charge is 2.24. The van der Waals surface area contributed by atoms with Gasteiger partial charge in [-0.15, -0.1) is 11.3 Å². The largest absolute Gasteiger partial charge is 0.376 e. The van der Waals surface area contributed by atoms with E-state index >= 15 is 0 Å². The first-order valence-electron chi connectivity index (χ1n) is 9.68. The zero-order chi connectivity index (χ0) is 20.2. The molecule has 3 aromatic rings. The van der Waals surface area contributed by atoms with Crippen molar-refractivity contribution >= 4 is 23.1 Å². The molecule has 0 saturated carbocycles. The third-order valence-electron chi connectivity index (χ3n) is 5.01. The number of carbonyl (C=O) groups is 1. The Morgan fingerprint density at radius 3 is 2.90 bits per heavy atom. The minimum atomic E-state index is -0.237. The molecular weight excluding hydrogens is 388 g/mol. The number of hydrogen-bond donors (Lipinski definition) is 2. The molecule has 152 valence electrons. The molecule has 2 N–H and O–H groups in total. The van der Waals surface area contributed by atoms with Gasteiger partial charge in [0.15, 0.2) is 0 Å². The fourth-order valence-corrected chi connectivity index (χ4v) is 4.29. The Morgan fingerprint density at radius 1 is 1.34 bits per heavy atom. The first-order chi connectivity index (χ1) is 14.1. The van der Waals surface area contributed by atoms with Crippen LogP contribution < -0.4 is 11.0 Å². The highest BCUT2D eigenvalue weighted by Crippen LogP contribution is 2.22. The summed E-state index contributed by atoms with van der Waals surface area (Å²) in [4.78, 5) is 31.0. The molecule has 29 heavy (non-hydrogen) atoms. The van der Waals surface area contributed by atoms with Crippen LogP contribution in [0.2, 0.25) is 0 Å². The predicted molar refractivity (Wildman–Crippen MR) is 114 cm³/mol. The van der Waals surface area contributed by atoms with Crippen LogP contribution in [0.4, 0.5) is 10.5 Å². The van der Waals surface area contributed by atoms with Gasteiger partial charge in [-0.05, 0) is 43.3 Å². The molecule has 3 heterocycles. The number of para-hydroxylation sites is 2. The second-order valence-corrected chi connectivity index (χ2v) is 8.15. The summed E-state index contributed by atoms with van der Waals surface area (Å²) in [5.41, 5.74) is 1.76. The van der Waals surface area contributed by atoms with Crippen LogP contribution in [0.1, 0.15) is 23.4 Å². The molecule has 0 radical (unpaired) electrons. The maximum atomic E-state index is 13.2. The van der Waals surface area contributed by atoms with Gasteiger partial charge in [0, 0.05) is 29.9 Å². The molecule has 4 rings (SSSR count). The summed E-state index contributed by atoms with van der Waals surface area (Å²) in [6, 6.07) is 11.1. The van der Waals surface area contributed by atoms with Crippen molar-refractivity contribution in [1.29, 1.82) is 0 Å². The molecule has 1 saturated heterocycles. The fourth-order valence-electron chi connectivity index (χ4n) is 3.57. The number of anilines is 1. The Labute approximate surface area is 172 Å². The Balaban J connectivity index is 1.58. The number of ether oxygens (including phenoxy) is 1. The molecule has 0 spiro atoms. The minimum absolute atomic E-state index is 0.0606. The zero-order valence-electron chi connectivity index (χ0n) is 16.3. The maximum absolute atomic E-state index is 13.2. The molecule has 1 aliphatic heterocycles. The van der Waals surface area contributed by atoms with Crippen LogP contribution in [0.3, 0.4) is 0 Å². The van der Waals surface area contributed by atoms with Gasteiger partial charge in [-0.1, -0.05) is 18.2 Å². The lowest BCUT2D eigenvalue weighted by Gasteiger charge is -2.26. The monoisotopic (exact) mass is 412 g/mol. The lowest BCUT2D eigenvalue weighted by molar-refractivity contribution is 0.0821. The Bertz CT molecular complexity index is 1020. The number of nitrogens with one attached hydrogen (secondary N) is 2. The Morgan fingerprint density at radius 2 is 2.21 bits per heavy atom. The summed E-state index contributed by atoms with van der Waals surface area (Å²) in [6.07, 6.45) is 3.70. The lowest BCUT2D eigenvalue weighted by Crippen LogP contribution is -2.39. The van der Waals surface area contributed by atoms with E-state index in [1.165, 1.54) is 0 Å². The van der Waals surface area contributed by atoms with E-state index in [9.17, 15) is 9.59 Å². The molecule has 7 nitrogen and oxygen atoms in total. The number of carbonyl (C=O) groups excluding carboxylic acids is 1. The standard InChI is InChI=1S/C21H24N4O3S/c1-15-12-22-20(26)25(15)19-9-3-2-8-18(19)23-21(27)24(13-16-6-4-10-28-16)14-17-7-5-11-29-17/h2-3,5,7-9,11-12,16H,4,6,10,13-14H2,1H3,(H,22,26)(H,23,27). The molecule has 1 fully saturated rings. The van der Waals surface area contributed by atoms with Crippen LogP contribution in [0, 0.1) is 6.92 Å². The molecular formula is C21H24N4O3S. The number of nitrogens with zero attached hydrogens (tertiary/aromatic N) is 2. The molecule has 8 heteroatoms. The quantitative estimate of drug-likeness (QED) is 0.647.